The molecule has 0 radical (unpaired) electrons. The maximum absolute atomic E-state index is 14.6. The lowest BCUT2D eigenvalue weighted by atomic mass is 10.2. The Bertz CT molecular complexity index is 1550. The molecular weight excluding hydrogens is 411 g/mol. The molecule has 2 aromatic carbocycles. The number of anilines is 2. The summed E-state index contributed by atoms with van der Waals surface area (Å²) in [5.74, 6) is -0.502. The van der Waals surface area contributed by atoms with E-state index in [1.165, 1.54) is 32.9 Å². The van der Waals surface area contributed by atoms with E-state index in [2.05, 4.69) is 5.32 Å². The minimum Gasteiger partial charge on any atom is -0.352 e. The maximum Gasteiger partial charge on any atom is 0.337 e. The number of benzene rings is 2. The molecule has 1 fully saturated rings. The number of hydrogen-bond donors (Lipinski definition) is 1. The normalized spacial score (nSPS) is 13.5. The van der Waals surface area contributed by atoms with Crippen molar-refractivity contribution in [3.63, 3.8) is 0 Å². The van der Waals surface area contributed by atoms with Crippen molar-refractivity contribution < 1.29 is 4.39 Å². The molecule has 0 bridgehead atoms. The van der Waals surface area contributed by atoms with E-state index < -0.39 is 22.6 Å². The van der Waals surface area contributed by atoms with Crippen molar-refractivity contribution >= 4 is 22.4 Å². The first kappa shape index (κ1) is 20.0. The Kier molecular flexibility index (Phi) is 4.58. The number of hydrogen-bond acceptors (Lipinski definition) is 4. The van der Waals surface area contributed by atoms with E-state index in [1.807, 2.05) is 6.07 Å². The fraction of sp³-hybridized carbons (Fsp3) is 0.208. The molecule has 0 atom stereocenters. The molecule has 2 heterocycles. The Balaban J connectivity index is 1.90. The molecule has 1 saturated carbocycles. The summed E-state index contributed by atoms with van der Waals surface area (Å²) in [4.78, 5) is 39.8. The number of pyridine rings is 1. The van der Waals surface area contributed by atoms with Gasteiger partial charge in [0.1, 0.15) is 16.9 Å². The second-order valence-electron chi connectivity index (χ2n) is 8.12. The van der Waals surface area contributed by atoms with Crippen LogP contribution in [0.1, 0.15) is 24.4 Å². The van der Waals surface area contributed by atoms with Crippen molar-refractivity contribution in [2.24, 2.45) is 7.05 Å². The number of nitrogens with one attached hydrogen (secondary N) is 1. The second kappa shape index (κ2) is 7.33. The van der Waals surface area contributed by atoms with Crippen LogP contribution in [0.15, 0.2) is 69.0 Å². The number of aryl methyl sites for hydroxylation is 2. The summed E-state index contributed by atoms with van der Waals surface area (Å²) in [6.07, 6.45) is 1.47. The number of fused-ring (bicyclic) bond motifs is 1. The SMILES string of the molecule is Cc1ccc(Nc2cc(=O)n(C)c3c2c(=O)n(C2CC2)c(=O)n3-c2ccccc2)c(F)c1. The average Bonchev–Trinajstić information content (AvgIpc) is 3.59. The van der Waals surface area contributed by atoms with Gasteiger partial charge in [-0.25, -0.2) is 13.8 Å². The van der Waals surface area contributed by atoms with Gasteiger partial charge in [0.2, 0.25) is 0 Å². The van der Waals surface area contributed by atoms with Crippen LogP contribution < -0.4 is 22.1 Å². The lowest BCUT2D eigenvalue weighted by Crippen LogP contribution is -2.41. The quantitative estimate of drug-likeness (QED) is 0.536. The zero-order valence-electron chi connectivity index (χ0n) is 17.6. The minimum absolute atomic E-state index is 0.139. The average molecular weight is 432 g/mol. The molecule has 8 heteroatoms. The first-order valence-corrected chi connectivity index (χ1v) is 10.4. The molecule has 0 aliphatic heterocycles. The summed E-state index contributed by atoms with van der Waals surface area (Å²) < 4.78 is 18.5. The number of halogens is 1. The Hall–Kier alpha value is -3.94. The maximum atomic E-state index is 14.6. The summed E-state index contributed by atoms with van der Waals surface area (Å²) in [7, 11) is 1.51. The Morgan fingerprint density at radius 2 is 1.69 bits per heavy atom. The van der Waals surface area contributed by atoms with Gasteiger partial charge in [0.15, 0.2) is 0 Å². The van der Waals surface area contributed by atoms with E-state index in [0.29, 0.717) is 5.69 Å². The topological polar surface area (TPSA) is 78.0 Å². The van der Waals surface area contributed by atoms with Crippen molar-refractivity contribution in [3.8, 4) is 5.69 Å². The van der Waals surface area contributed by atoms with Crippen LogP contribution in [-0.4, -0.2) is 13.7 Å². The van der Waals surface area contributed by atoms with Crippen molar-refractivity contribution in [3.05, 3.63) is 97.2 Å². The molecule has 7 nitrogen and oxygen atoms in total. The predicted octanol–water partition coefficient (Wildman–Crippen LogP) is 3.38. The highest BCUT2D eigenvalue weighted by molar-refractivity contribution is 5.91. The summed E-state index contributed by atoms with van der Waals surface area (Å²) in [5.41, 5.74) is 0.317. The van der Waals surface area contributed by atoms with Gasteiger partial charge in [-0.05, 0) is 49.6 Å². The highest BCUT2D eigenvalue weighted by atomic mass is 19.1. The molecule has 5 rings (SSSR count). The van der Waals surface area contributed by atoms with Crippen molar-refractivity contribution in [1.82, 2.24) is 13.7 Å². The van der Waals surface area contributed by atoms with E-state index in [-0.39, 0.29) is 28.5 Å². The van der Waals surface area contributed by atoms with Gasteiger partial charge in [-0.15, -0.1) is 0 Å². The summed E-state index contributed by atoms with van der Waals surface area (Å²) >= 11 is 0. The number of nitrogens with zero attached hydrogens (tertiary/aromatic N) is 3. The fourth-order valence-electron chi connectivity index (χ4n) is 3.99. The standard InChI is InChI=1S/C24H21FN4O3/c1-14-8-11-18(17(25)12-14)26-19-13-20(30)27(2)22-21(19)23(31)29(16-9-10-16)24(32)28(22)15-6-4-3-5-7-15/h3-8,11-13,16,26H,9-10H2,1-2H3. The Morgan fingerprint density at radius 3 is 2.34 bits per heavy atom. The molecule has 0 saturated heterocycles. The van der Waals surface area contributed by atoms with Crippen LogP contribution >= 0.6 is 0 Å². The van der Waals surface area contributed by atoms with Gasteiger partial charge in [0.25, 0.3) is 11.1 Å². The number of aromatic nitrogens is 3. The summed E-state index contributed by atoms with van der Waals surface area (Å²) in [6, 6.07) is 14.6. The van der Waals surface area contributed by atoms with Crippen molar-refractivity contribution in [2.45, 2.75) is 25.8 Å². The molecule has 1 N–H and O–H groups in total. The fourth-order valence-corrected chi connectivity index (χ4v) is 3.99. The van der Waals surface area contributed by atoms with Gasteiger partial charge in [-0.3, -0.25) is 18.7 Å². The monoisotopic (exact) mass is 432 g/mol. The van der Waals surface area contributed by atoms with Crippen molar-refractivity contribution in [1.29, 1.82) is 0 Å². The number of para-hydroxylation sites is 1. The number of rotatable bonds is 4. The smallest absolute Gasteiger partial charge is 0.337 e. The van der Waals surface area contributed by atoms with Crippen LogP contribution in [0, 0.1) is 12.7 Å². The molecule has 162 valence electrons. The largest absolute Gasteiger partial charge is 0.352 e. The summed E-state index contributed by atoms with van der Waals surface area (Å²) in [6.45, 7) is 1.77. The third-order valence-electron chi connectivity index (χ3n) is 5.77. The molecule has 4 aromatic rings. The lowest BCUT2D eigenvalue weighted by molar-refractivity contribution is 0.630. The zero-order chi connectivity index (χ0) is 22.6. The van der Waals surface area contributed by atoms with Crippen LogP contribution in [0.5, 0.6) is 0 Å². The van der Waals surface area contributed by atoms with E-state index >= 15 is 0 Å². The van der Waals surface area contributed by atoms with Crippen LogP contribution in [0.4, 0.5) is 15.8 Å². The van der Waals surface area contributed by atoms with Gasteiger partial charge in [0.05, 0.1) is 17.1 Å². The van der Waals surface area contributed by atoms with Crippen LogP contribution in [0.2, 0.25) is 0 Å². The Morgan fingerprint density at radius 1 is 0.969 bits per heavy atom. The molecule has 0 unspecified atom stereocenters. The minimum atomic E-state index is -0.502. The first-order valence-electron chi connectivity index (χ1n) is 10.4. The molecule has 2 aromatic heterocycles. The highest BCUT2D eigenvalue weighted by Gasteiger charge is 2.30. The molecule has 0 spiro atoms. The van der Waals surface area contributed by atoms with E-state index in [1.54, 1.807) is 43.3 Å². The molecule has 1 aliphatic carbocycles. The van der Waals surface area contributed by atoms with Crippen LogP contribution in [0.25, 0.3) is 16.7 Å². The highest BCUT2D eigenvalue weighted by Crippen LogP contribution is 2.33. The molecule has 32 heavy (non-hydrogen) atoms. The van der Waals surface area contributed by atoms with Crippen molar-refractivity contribution in [2.75, 3.05) is 5.32 Å². The van der Waals surface area contributed by atoms with Gasteiger partial charge < -0.3 is 5.32 Å². The van der Waals surface area contributed by atoms with Gasteiger partial charge in [-0.2, -0.15) is 0 Å². The summed E-state index contributed by atoms with van der Waals surface area (Å²) in [5, 5.41) is 3.07. The second-order valence-corrected chi connectivity index (χ2v) is 8.12. The van der Waals surface area contributed by atoms with E-state index in [0.717, 1.165) is 18.4 Å². The third kappa shape index (κ3) is 3.15. The lowest BCUT2D eigenvalue weighted by Gasteiger charge is -2.19. The first-order chi connectivity index (χ1) is 15.4. The van der Waals surface area contributed by atoms with Gasteiger partial charge >= 0.3 is 5.69 Å². The van der Waals surface area contributed by atoms with E-state index in [9.17, 15) is 18.8 Å². The van der Waals surface area contributed by atoms with Gasteiger partial charge in [0, 0.05) is 19.2 Å². The predicted molar refractivity (Wildman–Crippen MR) is 122 cm³/mol. The molecule has 1 aliphatic rings. The molecular formula is C24H21FN4O3. The van der Waals surface area contributed by atoms with E-state index in [4.69, 9.17) is 0 Å². The van der Waals surface area contributed by atoms with Crippen LogP contribution in [-0.2, 0) is 7.05 Å². The van der Waals surface area contributed by atoms with Gasteiger partial charge in [-0.1, -0.05) is 24.3 Å². The third-order valence-corrected chi connectivity index (χ3v) is 5.77. The molecule has 0 amide bonds. The Labute approximate surface area is 182 Å². The van der Waals surface area contributed by atoms with Crippen LogP contribution in [0.3, 0.4) is 0 Å². The zero-order valence-corrected chi connectivity index (χ0v) is 17.6.